The van der Waals surface area contributed by atoms with E-state index in [2.05, 4.69) is 52.5 Å². The summed E-state index contributed by atoms with van der Waals surface area (Å²) >= 11 is 0. The minimum Gasteiger partial charge on any atom is -0.478 e. The summed E-state index contributed by atoms with van der Waals surface area (Å²) in [7, 11) is 0. The van der Waals surface area contributed by atoms with E-state index in [4.69, 9.17) is 0 Å². The Bertz CT molecular complexity index is 1380. The van der Waals surface area contributed by atoms with Crippen LogP contribution in [0.15, 0.2) is 42.5 Å². The average molecular weight is 529 g/mol. The maximum absolute atomic E-state index is 13.5. The Kier molecular flexibility index (Phi) is 7.10. The number of benzene rings is 2. The van der Waals surface area contributed by atoms with Crippen molar-refractivity contribution in [2.45, 2.75) is 64.5 Å². The van der Waals surface area contributed by atoms with Crippen molar-refractivity contribution in [3.8, 4) is 11.3 Å². The van der Waals surface area contributed by atoms with Crippen LogP contribution in [0, 0.1) is 0 Å². The molecular weight excluding hydrogens is 488 g/mol. The first-order valence-corrected chi connectivity index (χ1v) is 14.7. The highest BCUT2D eigenvalue weighted by atomic mass is 16.4. The van der Waals surface area contributed by atoms with Gasteiger partial charge in [-0.3, -0.25) is 9.69 Å². The summed E-state index contributed by atoms with van der Waals surface area (Å²) in [6.07, 6.45) is 6.08. The molecule has 2 aromatic carbocycles. The Morgan fingerprint density at radius 3 is 2.38 bits per heavy atom. The van der Waals surface area contributed by atoms with Crippen LogP contribution in [0.25, 0.3) is 22.2 Å². The number of aromatic carboxylic acids is 1. The lowest BCUT2D eigenvalue weighted by Crippen LogP contribution is -2.52. The zero-order valence-corrected chi connectivity index (χ0v) is 23.2. The van der Waals surface area contributed by atoms with E-state index in [-0.39, 0.29) is 5.91 Å². The number of carboxylic acids is 1. The first-order chi connectivity index (χ1) is 18.9. The number of para-hydroxylation sites is 1. The summed E-state index contributed by atoms with van der Waals surface area (Å²) in [5.41, 5.74) is 6.16. The van der Waals surface area contributed by atoms with Crippen LogP contribution in [0.2, 0.25) is 0 Å². The summed E-state index contributed by atoms with van der Waals surface area (Å²) in [4.78, 5) is 32.1. The van der Waals surface area contributed by atoms with Crippen molar-refractivity contribution in [1.82, 2.24) is 14.4 Å². The van der Waals surface area contributed by atoms with E-state index in [1.54, 1.807) is 6.07 Å². The summed E-state index contributed by atoms with van der Waals surface area (Å²) in [6.45, 7) is 9.61. The molecule has 3 aromatic rings. The molecule has 0 unspecified atom stereocenters. The normalized spacial score (nSPS) is 18.7. The Hall–Kier alpha value is -3.32. The van der Waals surface area contributed by atoms with Gasteiger partial charge in [0.05, 0.1) is 17.8 Å². The number of rotatable bonds is 5. The second-order valence-corrected chi connectivity index (χ2v) is 11.7. The Morgan fingerprint density at radius 1 is 0.923 bits per heavy atom. The third kappa shape index (κ3) is 4.82. The first kappa shape index (κ1) is 25.9. The van der Waals surface area contributed by atoms with Crippen molar-refractivity contribution < 1.29 is 14.7 Å². The number of anilines is 1. The van der Waals surface area contributed by atoms with Crippen molar-refractivity contribution in [2.75, 3.05) is 44.2 Å². The summed E-state index contributed by atoms with van der Waals surface area (Å²) in [5, 5.41) is 11.0. The second kappa shape index (κ2) is 10.7. The Labute approximate surface area is 231 Å². The summed E-state index contributed by atoms with van der Waals surface area (Å²) < 4.78 is 2.34. The predicted molar refractivity (Wildman–Crippen MR) is 156 cm³/mol. The molecular formula is C32H40N4O3. The molecule has 6 rings (SSSR count). The average Bonchev–Trinajstić information content (AvgIpc) is 3.20. The molecule has 7 nitrogen and oxygen atoms in total. The van der Waals surface area contributed by atoms with Crippen LogP contribution in [0.3, 0.4) is 0 Å². The molecule has 1 amide bonds. The van der Waals surface area contributed by atoms with Gasteiger partial charge < -0.3 is 19.5 Å². The lowest BCUT2D eigenvalue weighted by Gasteiger charge is -2.38. The van der Waals surface area contributed by atoms with E-state index in [1.165, 1.54) is 48.7 Å². The van der Waals surface area contributed by atoms with Gasteiger partial charge in [0.2, 0.25) is 5.91 Å². The van der Waals surface area contributed by atoms with E-state index < -0.39 is 5.97 Å². The van der Waals surface area contributed by atoms with E-state index in [9.17, 15) is 14.7 Å². The number of hydrogen-bond donors (Lipinski definition) is 1. The summed E-state index contributed by atoms with van der Waals surface area (Å²) in [5.74, 6) is -0.248. The molecule has 39 heavy (non-hydrogen) atoms. The molecule has 3 heterocycles. The van der Waals surface area contributed by atoms with Crippen LogP contribution < -0.4 is 4.90 Å². The van der Waals surface area contributed by atoms with Crippen LogP contribution >= 0.6 is 0 Å². The van der Waals surface area contributed by atoms with Crippen LogP contribution in [-0.2, 0) is 11.3 Å². The number of hydrogen-bond acceptors (Lipinski definition) is 4. The highest BCUT2D eigenvalue weighted by molar-refractivity contribution is 6.00. The van der Waals surface area contributed by atoms with Gasteiger partial charge in [-0.2, -0.15) is 0 Å². The Morgan fingerprint density at radius 2 is 1.67 bits per heavy atom. The van der Waals surface area contributed by atoms with Crippen LogP contribution in [0.4, 0.5) is 5.69 Å². The van der Waals surface area contributed by atoms with Crippen molar-refractivity contribution in [1.29, 1.82) is 0 Å². The zero-order chi connectivity index (χ0) is 27.1. The van der Waals surface area contributed by atoms with Crippen molar-refractivity contribution >= 4 is 28.5 Å². The molecule has 1 aliphatic carbocycles. The highest BCUT2D eigenvalue weighted by Crippen LogP contribution is 2.47. The molecule has 1 N–H and O–H groups in total. The van der Waals surface area contributed by atoms with Crippen LogP contribution in [0.1, 0.15) is 67.8 Å². The van der Waals surface area contributed by atoms with Gasteiger partial charge in [0.1, 0.15) is 0 Å². The Balaban J connectivity index is 1.39. The molecule has 0 bridgehead atoms. The minimum absolute atomic E-state index is 0.185. The fourth-order valence-electron chi connectivity index (χ4n) is 7.04. The molecule has 0 atom stereocenters. The van der Waals surface area contributed by atoms with E-state index in [0.717, 1.165) is 42.9 Å². The second-order valence-electron chi connectivity index (χ2n) is 11.7. The third-order valence-corrected chi connectivity index (χ3v) is 9.18. The standard InChI is InChI=1S/C32H40N4O3/c1-22(2)33-14-16-34(17-15-33)29(37)21-35-18-19-36-28-20-24(32(38)39)12-13-25(28)30(23-8-4-3-5-9-23)31(36)26-10-6-7-11-27(26)35/h6-7,10-13,20,22-23H,3-5,8-9,14-19,21H2,1-2H3,(H,38,39). The molecule has 1 aromatic heterocycles. The maximum Gasteiger partial charge on any atom is 0.335 e. The maximum atomic E-state index is 13.5. The van der Waals surface area contributed by atoms with E-state index >= 15 is 0 Å². The largest absolute Gasteiger partial charge is 0.478 e. The topological polar surface area (TPSA) is 69.0 Å². The first-order valence-electron chi connectivity index (χ1n) is 14.7. The fraction of sp³-hybridized carbons (Fsp3) is 0.500. The number of carboxylic acid groups (broad SMARTS) is 1. The smallest absolute Gasteiger partial charge is 0.335 e. The van der Waals surface area contributed by atoms with Crippen molar-refractivity contribution in [3.63, 3.8) is 0 Å². The van der Waals surface area contributed by atoms with Gasteiger partial charge in [0.15, 0.2) is 0 Å². The van der Waals surface area contributed by atoms with Crippen molar-refractivity contribution in [3.05, 3.63) is 53.6 Å². The van der Waals surface area contributed by atoms with E-state index in [1.807, 2.05) is 17.0 Å². The number of carbonyl (C=O) groups is 2. The number of aromatic nitrogens is 1. The van der Waals surface area contributed by atoms with Crippen molar-refractivity contribution in [2.24, 2.45) is 0 Å². The number of amides is 1. The van der Waals surface area contributed by atoms with Gasteiger partial charge in [-0.15, -0.1) is 0 Å². The number of nitrogens with zero attached hydrogens (tertiary/aromatic N) is 4. The van der Waals surface area contributed by atoms with Gasteiger partial charge in [-0.25, -0.2) is 4.79 Å². The lowest BCUT2D eigenvalue weighted by atomic mass is 9.81. The molecule has 1 saturated heterocycles. The number of fused-ring (bicyclic) bond motifs is 5. The predicted octanol–water partition coefficient (Wildman–Crippen LogP) is 5.43. The molecule has 0 spiro atoms. The molecule has 3 aliphatic rings. The zero-order valence-electron chi connectivity index (χ0n) is 23.2. The van der Waals surface area contributed by atoms with Gasteiger partial charge >= 0.3 is 5.97 Å². The molecule has 206 valence electrons. The van der Waals surface area contributed by atoms with Gasteiger partial charge in [-0.05, 0) is 56.4 Å². The minimum atomic E-state index is -0.898. The van der Waals surface area contributed by atoms with Crippen LogP contribution in [-0.4, -0.2) is 76.7 Å². The number of carbonyl (C=O) groups excluding carboxylic acids is 1. The molecule has 2 aliphatic heterocycles. The molecule has 1 saturated carbocycles. The van der Waals surface area contributed by atoms with Gasteiger partial charge in [0.25, 0.3) is 0 Å². The molecule has 2 fully saturated rings. The van der Waals surface area contributed by atoms with Gasteiger partial charge in [0, 0.05) is 67.5 Å². The third-order valence-electron chi connectivity index (χ3n) is 9.18. The quantitative estimate of drug-likeness (QED) is 0.479. The van der Waals surface area contributed by atoms with Crippen LogP contribution in [0.5, 0.6) is 0 Å². The number of piperazine rings is 1. The lowest BCUT2D eigenvalue weighted by molar-refractivity contribution is -0.131. The monoisotopic (exact) mass is 528 g/mol. The molecule has 7 heteroatoms. The summed E-state index contributed by atoms with van der Waals surface area (Å²) in [6, 6.07) is 14.6. The fourth-order valence-corrected chi connectivity index (χ4v) is 7.04. The highest BCUT2D eigenvalue weighted by Gasteiger charge is 2.32. The molecule has 0 radical (unpaired) electrons. The SMILES string of the molecule is CC(C)N1CCN(C(=O)CN2CCn3c(c(C4CCCCC4)c4ccc(C(=O)O)cc43)-c3ccccc32)CC1. The van der Waals surface area contributed by atoms with E-state index in [0.29, 0.717) is 37.2 Å². The van der Waals surface area contributed by atoms with Gasteiger partial charge in [-0.1, -0.05) is 43.5 Å².